The van der Waals surface area contributed by atoms with Gasteiger partial charge in [-0.25, -0.2) is 14.8 Å². The van der Waals surface area contributed by atoms with E-state index in [1.165, 1.54) is 24.3 Å². The minimum absolute atomic E-state index is 0.0426. The molecule has 1 aliphatic heterocycles. The van der Waals surface area contributed by atoms with Crippen molar-refractivity contribution in [2.75, 3.05) is 6.54 Å². The number of nitrogens with zero attached hydrogens (tertiary/aromatic N) is 6. The van der Waals surface area contributed by atoms with Crippen LogP contribution in [-0.4, -0.2) is 41.4 Å². The summed E-state index contributed by atoms with van der Waals surface area (Å²) >= 11 is 0. The minimum atomic E-state index is -4.87. The molecule has 0 aromatic carbocycles. The number of likely N-dealkylation sites (tertiary alicyclic amines) is 1. The molecule has 0 aliphatic carbocycles. The maximum atomic E-state index is 13.9. The fourth-order valence-electron chi connectivity index (χ4n) is 3.94. The summed E-state index contributed by atoms with van der Waals surface area (Å²) in [5.74, 6) is -0.478. The Hall–Kier alpha value is -3.57. The molecule has 12 heteroatoms. The second-order valence-electron chi connectivity index (χ2n) is 7.70. The molecule has 0 saturated carbocycles. The number of fused-ring (bicyclic) bond motifs is 1. The van der Waals surface area contributed by atoms with Gasteiger partial charge >= 0.3 is 11.9 Å². The number of amides is 1. The van der Waals surface area contributed by atoms with Crippen LogP contribution in [-0.2, 0) is 20.3 Å². The van der Waals surface area contributed by atoms with Crippen LogP contribution in [0.4, 0.5) is 13.2 Å². The summed E-state index contributed by atoms with van der Waals surface area (Å²) in [5.41, 5.74) is -2.80. The molecule has 32 heavy (non-hydrogen) atoms. The molecule has 0 radical (unpaired) electrons. The first-order valence-corrected chi connectivity index (χ1v) is 9.78. The van der Waals surface area contributed by atoms with Crippen molar-refractivity contribution in [3.8, 4) is 0 Å². The Morgan fingerprint density at radius 1 is 1.12 bits per heavy atom. The topological polar surface area (TPSA) is 103 Å². The van der Waals surface area contributed by atoms with Crippen molar-refractivity contribution in [1.82, 2.24) is 29.0 Å². The van der Waals surface area contributed by atoms with Gasteiger partial charge in [-0.3, -0.25) is 23.7 Å². The van der Waals surface area contributed by atoms with Crippen LogP contribution in [0.1, 0.15) is 46.3 Å². The SMILES string of the molecule is Cc1cnc(C(=O)N2CCCC2c2cc(C(F)(F)F)c3c(=O)n(C)c(=O)n(C)c3n2)cn1. The van der Waals surface area contributed by atoms with E-state index in [2.05, 4.69) is 15.0 Å². The number of aryl methyl sites for hydroxylation is 2. The quantitative estimate of drug-likeness (QED) is 0.592. The molecule has 168 valence electrons. The summed E-state index contributed by atoms with van der Waals surface area (Å²) in [5, 5.41) is -0.689. The van der Waals surface area contributed by atoms with E-state index < -0.39 is 40.3 Å². The molecular weight excluding hydrogens is 429 g/mol. The van der Waals surface area contributed by atoms with Gasteiger partial charge in [0, 0.05) is 26.8 Å². The molecule has 1 aliphatic rings. The van der Waals surface area contributed by atoms with Gasteiger partial charge in [-0.05, 0) is 25.8 Å². The largest absolute Gasteiger partial charge is 0.417 e. The fourth-order valence-corrected chi connectivity index (χ4v) is 3.94. The Kier molecular flexibility index (Phi) is 5.10. The minimum Gasteiger partial charge on any atom is -0.329 e. The van der Waals surface area contributed by atoms with Gasteiger partial charge in [0.2, 0.25) is 0 Å². The van der Waals surface area contributed by atoms with Crippen molar-refractivity contribution >= 4 is 16.9 Å². The number of hydrogen-bond donors (Lipinski definition) is 0. The fraction of sp³-hybridized carbons (Fsp3) is 0.400. The Labute approximate surface area is 179 Å². The van der Waals surface area contributed by atoms with Gasteiger partial charge in [-0.2, -0.15) is 13.2 Å². The number of halogens is 3. The second kappa shape index (κ2) is 7.53. The lowest BCUT2D eigenvalue weighted by molar-refractivity contribution is -0.136. The maximum Gasteiger partial charge on any atom is 0.417 e. The molecule has 0 N–H and O–H groups in total. The predicted octanol–water partition coefficient (Wildman–Crippen LogP) is 1.73. The zero-order valence-corrected chi connectivity index (χ0v) is 17.5. The van der Waals surface area contributed by atoms with E-state index >= 15 is 0 Å². The molecule has 3 aromatic rings. The number of pyridine rings is 1. The van der Waals surface area contributed by atoms with E-state index in [0.29, 0.717) is 29.6 Å². The molecule has 1 unspecified atom stereocenters. The van der Waals surface area contributed by atoms with E-state index in [0.717, 1.165) is 17.7 Å². The average Bonchev–Trinajstić information content (AvgIpc) is 3.24. The smallest absolute Gasteiger partial charge is 0.329 e. The first kappa shape index (κ1) is 21.7. The summed E-state index contributed by atoms with van der Waals surface area (Å²) in [4.78, 5) is 51.6. The van der Waals surface area contributed by atoms with Gasteiger partial charge in [-0.15, -0.1) is 0 Å². The highest BCUT2D eigenvalue weighted by atomic mass is 19.4. The molecule has 3 aromatic heterocycles. The standard InChI is InChI=1S/C20H19F3N6O3/c1-10-8-25-13(9-24-10)17(30)29-6-4-5-14(29)12-7-11(20(21,22)23)15-16(26-12)27(2)19(32)28(3)18(15)31/h7-9,14H,4-6H2,1-3H3. The summed E-state index contributed by atoms with van der Waals surface area (Å²) in [6.45, 7) is 2.02. The Bertz CT molecular complexity index is 1340. The molecular formula is C20H19F3N6O3. The molecule has 1 amide bonds. The van der Waals surface area contributed by atoms with Gasteiger partial charge in [0.15, 0.2) is 0 Å². The second-order valence-corrected chi connectivity index (χ2v) is 7.70. The van der Waals surface area contributed by atoms with Gasteiger partial charge in [-0.1, -0.05) is 0 Å². The molecule has 4 heterocycles. The predicted molar refractivity (Wildman–Crippen MR) is 107 cm³/mol. The number of carbonyl (C=O) groups is 1. The lowest BCUT2D eigenvalue weighted by Crippen LogP contribution is -2.39. The zero-order valence-electron chi connectivity index (χ0n) is 17.5. The highest BCUT2D eigenvalue weighted by Gasteiger charge is 2.39. The van der Waals surface area contributed by atoms with E-state index in [4.69, 9.17) is 0 Å². The van der Waals surface area contributed by atoms with Crippen LogP contribution in [0.25, 0.3) is 11.0 Å². The van der Waals surface area contributed by atoms with E-state index in [-0.39, 0.29) is 17.0 Å². The molecule has 1 fully saturated rings. The molecule has 1 atom stereocenters. The maximum absolute atomic E-state index is 13.9. The molecule has 0 bridgehead atoms. The first-order chi connectivity index (χ1) is 15.0. The molecule has 4 rings (SSSR count). The monoisotopic (exact) mass is 448 g/mol. The van der Waals surface area contributed by atoms with Gasteiger partial charge in [0.25, 0.3) is 11.5 Å². The van der Waals surface area contributed by atoms with Crippen molar-refractivity contribution in [3.63, 3.8) is 0 Å². The van der Waals surface area contributed by atoms with Crippen molar-refractivity contribution in [2.45, 2.75) is 32.0 Å². The van der Waals surface area contributed by atoms with Crippen molar-refractivity contribution in [2.24, 2.45) is 14.1 Å². The van der Waals surface area contributed by atoms with Crippen LogP contribution < -0.4 is 11.2 Å². The van der Waals surface area contributed by atoms with E-state index in [9.17, 15) is 27.6 Å². The van der Waals surface area contributed by atoms with E-state index in [1.54, 1.807) is 6.92 Å². The average molecular weight is 448 g/mol. The first-order valence-electron chi connectivity index (χ1n) is 9.78. The van der Waals surface area contributed by atoms with Gasteiger partial charge < -0.3 is 4.90 Å². The van der Waals surface area contributed by atoms with Crippen LogP contribution >= 0.6 is 0 Å². The molecule has 0 spiro atoms. The summed E-state index contributed by atoms with van der Waals surface area (Å²) < 4.78 is 43.3. The van der Waals surface area contributed by atoms with Crippen LogP contribution in [0.3, 0.4) is 0 Å². The van der Waals surface area contributed by atoms with Gasteiger partial charge in [0.05, 0.1) is 34.6 Å². The van der Waals surface area contributed by atoms with Crippen LogP contribution in [0.15, 0.2) is 28.0 Å². The molecule has 9 nitrogen and oxygen atoms in total. The number of hydrogen-bond acceptors (Lipinski definition) is 6. The van der Waals surface area contributed by atoms with Crippen molar-refractivity contribution in [3.05, 3.63) is 61.9 Å². The Balaban J connectivity index is 1.90. The lowest BCUT2D eigenvalue weighted by Gasteiger charge is -2.25. The van der Waals surface area contributed by atoms with Crippen LogP contribution in [0, 0.1) is 6.92 Å². The normalized spacial score (nSPS) is 16.7. The van der Waals surface area contributed by atoms with Crippen LogP contribution in [0.2, 0.25) is 0 Å². The highest BCUT2D eigenvalue weighted by Crippen LogP contribution is 2.38. The van der Waals surface area contributed by atoms with Gasteiger partial charge in [0.1, 0.15) is 11.3 Å². The van der Waals surface area contributed by atoms with E-state index in [1.807, 2.05) is 0 Å². The van der Waals surface area contributed by atoms with Crippen LogP contribution in [0.5, 0.6) is 0 Å². The zero-order chi connectivity index (χ0) is 23.4. The summed E-state index contributed by atoms with van der Waals surface area (Å²) in [6, 6.07) is 0.0286. The highest BCUT2D eigenvalue weighted by molar-refractivity contribution is 5.92. The number of aromatic nitrogens is 5. The Morgan fingerprint density at radius 2 is 1.84 bits per heavy atom. The number of alkyl halides is 3. The number of rotatable bonds is 2. The van der Waals surface area contributed by atoms with Crippen molar-refractivity contribution in [1.29, 1.82) is 0 Å². The lowest BCUT2D eigenvalue weighted by atomic mass is 10.0. The summed E-state index contributed by atoms with van der Waals surface area (Å²) in [6.07, 6.45) is -1.20. The third-order valence-corrected chi connectivity index (χ3v) is 5.59. The number of carbonyl (C=O) groups excluding carboxylic acids is 1. The third kappa shape index (κ3) is 3.45. The Morgan fingerprint density at radius 3 is 2.47 bits per heavy atom. The third-order valence-electron chi connectivity index (χ3n) is 5.59. The summed E-state index contributed by atoms with van der Waals surface area (Å²) in [7, 11) is 2.36. The van der Waals surface area contributed by atoms with Crippen molar-refractivity contribution < 1.29 is 18.0 Å². The molecule has 1 saturated heterocycles.